The van der Waals surface area contributed by atoms with E-state index in [1.54, 1.807) is 0 Å². The second kappa shape index (κ2) is 8.92. The number of ether oxygens (including phenoxy) is 1. The van der Waals surface area contributed by atoms with E-state index in [9.17, 15) is 0 Å². The topological polar surface area (TPSA) is 21.7 Å². The van der Waals surface area contributed by atoms with E-state index in [2.05, 4.69) is 74.3 Å². The van der Waals surface area contributed by atoms with Crippen molar-refractivity contribution in [2.24, 2.45) is 0 Å². The summed E-state index contributed by atoms with van der Waals surface area (Å²) in [7, 11) is 0. The Kier molecular flexibility index (Phi) is 8.21. The first-order chi connectivity index (χ1) is 11.9. The largest absolute Gasteiger partial charge is 0.372 e. The Morgan fingerprint density at radius 3 is 1.62 bits per heavy atom. The van der Waals surface area contributed by atoms with E-state index in [1.165, 1.54) is 6.42 Å². The SMILES string of the molecule is CCCC(C)(CC)OC1CC(C)(C)N(OC(C)(CC)CCC)C(C)(C)C1. The highest BCUT2D eigenvalue weighted by molar-refractivity contribution is 4.99. The molecule has 1 aliphatic heterocycles. The molecule has 0 radical (unpaired) electrons. The molecule has 0 aromatic carbocycles. The lowest BCUT2D eigenvalue weighted by molar-refractivity contribution is -0.347. The highest BCUT2D eigenvalue weighted by atomic mass is 16.7. The van der Waals surface area contributed by atoms with Crippen LogP contribution in [-0.4, -0.2) is 33.4 Å². The molecule has 2 atom stereocenters. The van der Waals surface area contributed by atoms with Gasteiger partial charge in [0.05, 0.1) is 17.3 Å². The molecular weight excluding hydrogens is 322 g/mol. The highest BCUT2D eigenvalue weighted by Crippen LogP contribution is 2.44. The molecule has 0 saturated carbocycles. The summed E-state index contributed by atoms with van der Waals surface area (Å²) in [5.74, 6) is 0. The summed E-state index contributed by atoms with van der Waals surface area (Å²) >= 11 is 0. The van der Waals surface area contributed by atoms with Crippen LogP contribution in [0.3, 0.4) is 0 Å². The van der Waals surface area contributed by atoms with Gasteiger partial charge in [-0.15, -0.1) is 0 Å². The molecule has 26 heavy (non-hydrogen) atoms. The van der Waals surface area contributed by atoms with Gasteiger partial charge in [0, 0.05) is 11.1 Å². The Labute approximate surface area is 164 Å². The molecule has 0 amide bonds. The van der Waals surface area contributed by atoms with Crippen LogP contribution in [0.1, 0.15) is 121 Å². The molecule has 1 heterocycles. The molecule has 1 rings (SSSR count). The summed E-state index contributed by atoms with van der Waals surface area (Å²) in [5.41, 5.74) is -0.180. The van der Waals surface area contributed by atoms with Gasteiger partial charge in [-0.2, -0.15) is 5.06 Å². The Morgan fingerprint density at radius 1 is 0.808 bits per heavy atom. The first-order valence-electron chi connectivity index (χ1n) is 11.0. The fourth-order valence-corrected chi connectivity index (χ4v) is 4.79. The molecule has 1 fully saturated rings. The zero-order chi connectivity index (χ0) is 20.2. The molecule has 0 bridgehead atoms. The second-order valence-electron chi connectivity index (χ2n) is 10.3. The van der Waals surface area contributed by atoms with Crippen molar-refractivity contribution in [1.82, 2.24) is 5.06 Å². The Morgan fingerprint density at radius 2 is 1.23 bits per heavy atom. The number of rotatable bonds is 10. The van der Waals surface area contributed by atoms with Gasteiger partial charge in [0.1, 0.15) is 0 Å². The van der Waals surface area contributed by atoms with Gasteiger partial charge in [-0.3, -0.25) is 4.84 Å². The fraction of sp³-hybridized carbons (Fsp3) is 1.00. The van der Waals surface area contributed by atoms with Gasteiger partial charge < -0.3 is 4.74 Å². The molecule has 0 spiro atoms. The van der Waals surface area contributed by atoms with Gasteiger partial charge >= 0.3 is 0 Å². The third kappa shape index (κ3) is 5.94. The molecule has 0 aromatic rings. The van der Waals surface area contributed by atoms with Crippen molar-refractivity contribution in [1.29, 1.82) is 0 Å². The molecule has 3 heteroatoms. The minimum atomic E-state index is -0.0862. The van der Waals surface area contributed by atoms with E-state index in [4.69, 9.17) is 9.57 Å². The normalized spacial score (nSPS) is 25.6. The summed E-state index contributed by atoms with van der Waals surface area (Å²) in [4.78, 5) is 6.73. The summed E-state index contributed by atoms with van der Waals surface area (Å²) in [6.45, 7) is 22.8. The van der Waals surface area contributed by atoms with Crippen LogP contribution in [-0.2, 0) is 9.57 Å². The zero-order valence-corrected chi connectivity index (χ0v) is 19.5. The van der Waals surface area contributed by atoms with Crippen LogP contribution in [0, 0.1) is 0 Å². The van der Waals surface area contributed by atoms with Crippen molar-refractivity contribution in [3.63, 3.8) is 0 Å². The van der Waals surface area contributed by atoms with Crippen molar-refractivity contribution in [2.45, 2.75) is 149 Å². The third-order valence-corrected chi connectivity index (χ3v) is 6.37. The van der Waals surface area contributed by atoms with Gasteiger partial charge in [0.25, 0.3) is 0 Å². The highest BCUT2D eigenvalue weighted by Gasteiger charge is 2.50. The van der Waals surface area contributed by atoms with Crippen LogP contribution in [0.4, 0.5) is 0 Å². The number of nitrogens with zero attached hydrogens (tertiary/aromatic N) is 1. The van der Waals surface area contributed by atoms with Crippen molar-refractivity contribution in [2.75, 3.05) is 0 Å². The molecule has 0 aromatic heterocycles. The first-order valence-corrected chi connectivity index (χ1v) is 11.0. The molecule has 1 saturated heterocycles. The monoisotopic (exact) mass is 369 g/mol. The van der Waals surface area contributed by atoms with Crippen LogP contribution in [0.25, 0.3) is 0 Å². The lowest BCUT2D eigenvalue weighted by Gasteiger charge is -2.56. The Hall–Kier alpha value is -0.120. The summed E-state index contributed by atoms with van der Waals surface area (Å²) in [5, 5.41) is 2.31. The molecule has 156 valence electrons. The average Bonchev–Trinajstić information content (AvgIpc) is 2.51. The third-order valence-electron chi connectivity index (χ3n) is 6.37. The van der Waals surface area contributed by atoms with E-state index in [0.717, 1.165) is 44.9 Å². The van der Waals surface area contributed by atoms with Gasteiger partial charge in [-0.1, -0.05) is 40.5 Å². The molecule has 0 aliphatic carbocycles. The summed E-state index contributed by atoms with van der Waals surface area (Å²) < 4.78 is 6.71. The van der Waals surface area contributed by atoms with Crippen molar-refractivity contribution in [3.8, 4) is 0 Å². The van der Waals surface area contributed by atoms with Crippen LogP contribution in [0.2, 0.25) is 0 Å². The standard InChI is InChI=1S/C23H47NO2/c1-11-15-22(9,13-3)25-19-17-20(5,6)24(21(7,8)18-19)26-23(10,14-4)16-12-2/h19H,11-18H2,1-10H3. The number of hydroxylamine groups is 2. The fourth-order valence-electron chi connectivity index (χ4n) is 4.79. The molecular formula is C23H47NO2. The maximum atomic E-state index is 6.73. The van der Waals surface area contributed by atoms with E-state index >= 15 is 0 Å². The van der Waals surface area contributed by atoms with Crippen LogP contribution >= 0.6 is 0 Å². The maximum absolute atomic E-state index is 6.73. The first kappa shape index (κ1) is 23.9. The van der Waals surface area contributed by atoms with Crippen molar-refractivity contribution >= 4 is 0 Å². The van der Waals surface area contributed by atoms with Crippen molar-refractivity contribution < 1.29 is 9.57 Å². The van der Waals surface area contributed by atoms with Gasteiger partial charge in [0.2, 0.25) is 0 Å². The van der Waals surface area contributed by atoms with E-state index in [1.807, 2.05) is 0 Å². The van der Waals surface area contributed by atoms with Crippen molar-refractivity contribution in [3.05, 3.63) is 0 Å². The van der Waals surface area contributed by atoms with Gasteiger partial charge in [-0.25, -0.2) is 0 Å². The number of hydrogen-bond donors (Lipinski definition) is 0. The van der Waals surface area contributed by atoms with Crippen LogP contribution in [0.5, 0.6) is 0 Å². The quantitative estimate of drug-likeness (QED) is 0.418. The average molecular weight is 370 g/mol. The number of hydrogen-bond acceptors (Lipinski definition) is 3. The van der Waals surface area contributed by atoms with Crippen LogP contribution < -0.4 is 0 Å². The lowest BCUT2D eigenvalue weighted by Crippen LogP contribution is -2.64. The summed E-state index contributed by atoms with van der Waals surface area (Å²) in [6.07, 6.45) is 8.97. The summed E-state index contributed by atoms with van der Waals surface area (Å²) in [6, 6.07) is 0. The molecule has 0 N–H and O–H groups in total. The van der Waals surface area contributed by atoms with E-state index in [-0.39, 0.29) is 28.4 Å². The van der Waals surface area contributed by atoms with Gasteiger partial charge in [-0.05, 0) is 80.1 Å². The second-order valence-corrected chi connectivity index (χ2v) is 10.3. The predicted octanol–water partition coefficient (Wildman–Crippen LogP) is 6.89. The smallest absolute Gasteiger partial charge is 0.0869 e. The lowest BCUT2D eigenvalue weighted by atomic mass is 9.79. The number of piperidine rings is 1. The Balaban J connectivity index is 2.98. The Bertz CT molecular complexity index is 416. The van der Waals surface area contributed by atoms with Crippen LogP contribution in [0.15, 0.2) is 0 Å². The van der Waals surface area contributed by atoms with E-state index in [0.29, 0.717) is 0 Å². The minimum Gasteiger partial charge on any atom is -0.372 e. The molecule has 2 unspecified atom stereocenters. The minimum absolute atomic E-state index is 0.00521. The zero-order valence-electron chi connectivity index (χ0n) is 19.5. The van der Waals surface area contributed by atoms with Gasteiger partial charge in [0.15, 0.2) is 0 Å². The van der Waals surface area contributed by atoms with E-state index < -0.39 is 0 Å². The molecule has 1 aliphatic rings. The molecule has 3 nitrogen and oxygen atoms in total. The maximum Gasteiger partial charge on any atom is 0.0869 e. The predicted molar refractivity (Wildman–Crippen MR) is 112 cm³/mol.